The summed E-state index contributed by atoms with van der Waals surface area (Å²) in [4.78, 5) is 20.7. The van der Waals surface area contributed by atoms with Gasteiger partial charge in [-0.2, -0.15) is 0 Å². The van der Waals surface area contributed by atoms with Crippen molar-refractivity contribution in [2.24, 2.45) is 0 Å². The van der Waals surface area contributed by atoms with Crippen LogP contribution in [0.2, 0.25) is 0 Å². The number of carbonyl (C=O) groups is 2. The SMILES string of the molecule is [2H][C@H](NC(=O)C(Cl)(Cl)Cl)C(=O)O. The van der Waals surface area contributed by atoms with Gasteiger partial charge in [-0.25, -0.2) is 0 Å². The quantitative estimate of drug-likeness (QED) is 0.670. The van der Waals surface area contributed by atoms with Crippen molar-refractivity contribution in [3.8, 4) is 0 Å². The molecule has 0 aliphatic heterocycles. The molecule has 0 bridgehead atoms. The van der Waals surface area contributed by atoms with Crippen LogP contribution < -0.4 is 5.32 Å². The first-order valence-electron chi connectivity index (χ1n) is 2.85. The largest absolute Gasteiger partial charge is 0.480 e. The third kappa shape index (κ3) is 5.12. The summed E-state index contributed by atoms with van der Waals surface area (Å²) in [7, 11) is 0. The molecule has 0 aromatic rings. The van der Waals surface area contributed by atoms with E-state index in [1.807, 2.05) is 0 Å². The molecule has 2 N–H and O–H groups in total. The van der Waals surface area contributed by atoms with E-state index in [0.717, 1.165) is 0 Å². The molecule has 0 spiro atoms. The average molecular weight is 221 g/mol. The Morgan fingerprint density at radius 2 is 2.00 bits per heavy atom. The van der Waals surface area contributed by atoms with Crippen LogP contribution in [-0.4, -0.2) is 27.3 Å². The van der Waals surface area contributed by atoms with Gasteiger partial charge in [-0.1, -0.05) is 34.8 Å². The molecule has 1 atom stereocenters. The highest BCUT2D eigenvalue weighted by Gasteiger charge is 2.30. The van der Waals surface area contributed by atoms with E-state index >= 15 is 0 Å². The average Bonchev–Trinajstić information content (AvgIpc) is 1.85. The molecule has 0 aromatic carbocycles. The van der Waals surface area contributed by atoms with E-state index in [1.54, 1.807) is 5.32 Å². The number of alkyl halides is 3. The highest BCUT2D eigenvalue weighted by Crippen LogP contribution is 2.25. The van der Waals surface area contributed by atoms with Crippen molar-refractivity contribution in [3.05, 3.63) is 0 Å². The van der Waals surface area contributed by atoms with E-state index in [0.29, 0.717) is 0 Å². The van der Waals surface area contributed by atoms with Gasteiger partial charge in [-0.3, -0.25) is 9.59 Å². The molecule has 0 fully saturated rings. The number of aliphatic carboxylic acids is 1. The predicted octanol–water partition coefficient (Wildman–Crippen LogP) is 0.557. The molecule has 0 aromatic heterocycles. The van der Waals surface area contributed by atoms with Gasteiger partial charge in [0, 0.05) is 0 Å². The summed E-state index contributed by atoms with van der Waals surface area (Å²) >= 11 is 15.2. The smallest absolute Gasteiger partial charge is 0.322 e. The van der Waals surface area contributed by atoms with Crippen LogP contribution in [0.15, 0.2) is 0 Å². The summed E-state index contributed by atoms with van der Waals surface area (Å²) in [5, 5.41) is 9.82. The molecule has 0 rings (SSSR count). The third-order valence-corrected chi connectivity index (χ3v) is 1.10. The summed E-state index contributed by atoms with van der Waals surface area (Å²) < 4.78 is 4.49. The van der Waals surface area contributed by atoms with Crippen molar-refractivity contribution < 1.29 is 16.1 Å². The van der Waals surface area contributed by atoms with Crippen LogP contribution in [0, 0.1) is 0 Å². The Labute approximate surface area is 78.8 Å². The molecule has 4 nitrogen and oxygen atoms in total. The van der Waals surface area contributed by atoms with Gasteiger partial charge in [0.15, 0.2) is 0 Å². The van der Waals surface area contributed by atoms with E-state index < -0.39 is 22.2 Å². The first kappa shape index (κ1) is 8.90. The number of halogens is 3. The minimum Gasteiger partial charge on any atom is -0.480 e. The predicted molar refractivity (Wildman–Crippen MR) is 40.9 cm³/mol. The Bertz CT molecular complexity index is 204. The van der Waals surface area contributed by atoms with E-state index in [2.05, 4.69) is 0 Å². The molecule has 64 valence electrons. The van der Waals surface area contributed by atoms with Gasteiger partial charge in [0.25, 0.3) is 9.70 Å². The summed E-state index contributed by atoms with van der Waals surface area (Å²) in [6, 6.07) is 0. The minimum absolute atomic E-state index is 1.14. The maximum absolute atomic E-state index is 10.7. The highest BCUT2D eigenvalue weighted by molar-refractivity contribution is 6.76. The van der Waals surface area contributed by atoms with Crippen molar-refractivity contribution in [2.75, 3.05) is 6.52 Å². The monoisotopic (exact) mass is 220 g/mol. The van der Waals surface area contributed by atoms with Crippen molar-refractivity contribution in [2.45, 2.75) is 3.79 Å². The molecule has 1 amide bonds. The van der Waals surface area contributed by atoms with Crippen LogP contribution in [0.4, 0.5) is 0 Å². The van der Waals surface area contributed by atoms with Crippen molar-refractivity contribution in [1.82, 2.24) is 5.32 Å². The molecule has 0 unspecified atom stereocenters. The normalized spacial score (nSPS) is 15.0. The Kier molecular flexibility index (Phi) is 3.23. The maximum Gasteiger partial charge on any atom is 0.322 e. The van der Waals surface area contributed by atoms with Gasteiger partial charge >= 0.3 is 5.97 Å². The molecule has 0 saturated carbocycles. The van der Waals surface area contributed by atoms with E-state index in [4.69, 9.17) is 41.3 Å². The zero-order valence-electron chi connectivity index (χ0n) is 5.97. The summed E-state index contributed by atoms with van der Waals surface area (Å²) in [6.45, 7) is -1.83. The fourth-order valence-corrected chi connectivity index (χ4v) is 0.373. The fourth-order valence-electron chi connectivity index (χ4n) is 0.209. The van der Waals surface area contributed by atoms with Crippen molar-refractivity contribution in [1.29, 1.82) is 0 Å². The zero-order chi connectivity index (χ0) is 9.94. The van der Waals surface area contributed by atoms with Crippen LogP contribution >= 0.6 is 34.8 Å². The van der Waals surface area contributed by atoms with Crippen molar-refractivity contribution >= 4 is 46.7 Å². The molecular formula is C4H4Cl3NO3. The van der Waals surface area contributed by atoms with Gasteiger partial charge in [-0.15, -0.1) is 0 Å². The van der Waals surface area contributed by atoms with Gasteiger partial charge in [-0.05, 0) is 0 Å². The number of carbonyl (C=O) groups excluding carboxylic acids is 1. The molecule has 0 aliphatic carbocycles. The highest BCUT2D eigenvalue weighted by atomic mass is 35.6. The minimum atomic E-state index is -2.24. The lowest BCUT2D eigenvalue weighted by molar-refractivity contribution is -0.137. The molecule has 11 heavy (non-hydrogen) atoms. The number of carboxylic acid groups (broad SMARTS) is 1. The lowest BCUT2D eigenvalue weighted by atomic mass is 10.6. The second-order valence-electron chi connectivity index (χ2n) is 1.45. The van der Waals surface area contributed by atoms with Crippen LogP contribution in [0.1, 0.15) is 1.37 Å². The topological polar surface area (TPSA) is 66.4 Å². The Balaban J connectivity index is 4.11. The van der Waals surface area contributed by atoms with Crippen LogP contribution in [-0.2, 0) is 9.59 Å². The Morgan fingerprint density at radius 3 is 2.27 bits per heavy atom. The number of hydrogen-bond donors (Lipinski definition) is 2. The van der Waals surface area contributed by atoms with Crippen molar-refractivity contribution in [3.63, 3.8) is 0 Å². The first-order valence-corrected chi connectivity index (χ1v) is 3.41. The van der Waals surface area contributed by atoms with Gasteiger partial charge in [0.1, 0.15) is 6.52 Å². The number of carboxylic acids is 1. The van der Waals surface area contributed by atoms with E-state index in [1.165, 1.54) is 0 Å². The van der Waals surface area contributed by atoms with Gasteiger partial charge in [0.2, 0.25) is 0 Å². The van der Waals surface area contributed by atoms with Gasteiger partial charge in [0.05, 0.1) is 1.37 Å². The first-order chi connectivity index (χ1) is 5.25. The molecule has 0 aliphatic rings. The molecule has 0 saturated heterocycles. The molecule has 0 heterocycles. The second kappa shape index (κ2) is 3.99. The van der Waals surface area contributed by atoms with Crippen LogP contribution in [0.3, 0.4) is 0 Å². The third-order valence-electron chi connectivity index (χ3n) is 0.584. The van der Waals surface area contributed by atoms with E-state index in [9.17, 15) is 9.59 Å². The van der Waals surface area contributed by atoms with Gasteiger partial charge < -0.3 is 10.4 Å². The second-order valence-corrected chi connectivity index (χ2v) is 3.74. The van der Waals surface area contributed by atoms with Crippen LogP contribution in [0.25, 0.3) is 0 Å². The lowest BCUT2D eigenvalue weighted by Gasteiger charge is -2.08. The number of amides is 1. The van der Waals surface area contributed by atoms with E-state index in [-0.39, 0.29) is 0 Å². The maximum atomic E-state index is 10.7. The number of hydrogen-bond acceptors (Lipinski definition) is 2. The standard InChI is InChI=1S/C4H4Cl3NO3/c5-4(6,7)3(11)8-1-2(9)10/h1H2,(H,8,11)(H,9,10)/i1D/t1-/m0/s1. The molecule has 7 heteroatoms. The summed E-state index contributed by atoms with van der Waals surface area (Å²) in [5.41, 5.74) is 0. The summed E-state index contributed by atoms with van der Waals surface area (Å²) in [6.07, 6.45) is 0. The molecular weight excluding hydrogens is 216 g/mol. The van der Waals surface area contributed by atoms with Crippen LogP contribution in [0.5, 0.6) is 0 Å². The fraction of sp³-hybridized carbons (Fsp3) is 0.500. The zero-order valence-corrected chi connectivity index (χ0v) is 7.24. The number of nitrogens with one attached hydrogen (secondary N) is 1. The molecule has 0 radical (unpaired) electrons. The Hall–Kier alpha value is -0.190. The number of rotatable bonds is 2. The Morgan fingerprint density at radius 1 is 1.55 bits per heavy atom. The summed E-state index contributed by atoms with van der Waals surface area (Å²) in [5.74, 6) is -2.67. The lowest BCUT2D eigenvalue weighted by Crippen LogP contribution is -2.37.